The van der Waals surface area contributed by atoms with Crippen molar-refractivity contribution >= 4 is 22.8 Å². The SMILES string of the molecule is O=C(NCc1nc2ccccc2n1CC(=O)N(C1CCCCC1)C1CCCCC1)c1ccccn1. The Kier molecular flexibility index (Phi) is 7.40. The van der Waals surface area contributed by atoms with Crippen LogP contribution >= 0.6 is 0 Å². The molecule has 3 aromatic rings. The number of nitrogens with one attached hydrogen (secondary N) is 1. The van der Waals surface area contributed by atoms with Gasteiger partial charge in [-0.15, -0.1) is 0 Å². The van der Waals surface area contributed by atoms with Gasteiger partial charge in [-0.1, -0.05) is 56.7 Å². The van der Waals surface area contributed by atoms with Crippen LogP contribution in [0.1, 0.15) is 80.5 Å². The molecule has 2 amide bonds. The van der Waals surface area contributed by atoms with Crippen molar-refractivity contribution in [3.63, 3.8) is 0 Å². The molecule has 5 rings (SSSR count). The molecule has 0 bridgehead atoms. The van der Waals surface area contributed by atoms with Crippen molar-refractivity contribution < 1.29 is 9.59 Å². The van der Waals surface area contributed by atoms with E-state index >= 15 is 0 Å². The number of hydrogen-bond donors (Lipinski definition) is 1. The lowest BCUT2D eigenvalue weighted by Crippen LogP contribution is -2.50. The van der Waals surface area contributed by atoms with Gasteiger partial charge in [-0.2, -0.15) is 0 Å². The second kappa shape index (κ2) is 11.0. The number of benzene rings is 1. The third kappa shape index (κ3) is 5.39. The lowest BCUT2D eigenvalue weighted by molar-refractivity contribution is -0.138. The van der Waals surface area contributed by atoms with Gasteiger partial charge in [-0.3, -0.25) is 14.6 Å². The summed E-state index contributed by atoms with van der Waals surface area (Å²) in [6.07, 6.45) is 13.4. The molecule has 1 N–H and O–H groups in total. The molecule has 7 heteroatoms. The van der Waals surface area contributed by atoms with Crippen LogP contribution < -0.4 is 5.32 Å². The van der Waals surface area contributed by atoms with Crippen LogP contribution in [0.3, 0.4) is 0 Å². The minimum atomic E-state index is -0.249. The van der Waals surface area contributed by atoms with E-state index in [-0.39, 0.29) is 24.9 Å². The average Bonchev–Trinajstić information content (AvgIpc) is 3.26. The zero-order chi connectivity index (χ0) is 24.0. The van der Waals surface area contributed by atoms with Crippen molar-refractivity contribution in [2.45, 2.75) is 89.4 Å². The smallest absolute Gasteiger partial charge is 0.270 e. The van der Waals surface area contributed by atoms with E-state index in [1.54, 1.807) is 24.4 Å². The first-order valence-electron chi connectivity index (χ1n) is 13.2. The number of pyridine rings is 1. The quantitative estimate of drug-likeness (QED) is 0.532. The van der Waals surface area contributed by atoms with E-state index in [4.69, 9.17) is 4.98 Å². The molecule has 2 fully saturated rings. The van der Waals surface area contributed by atoms with Crippen molar-refractivity contribution in [1.29, 1.82) is 0 Å². The van der Waals surface area contributed by atoms with Gasteiger partial charge < -0.3 is 14.8 Å². The van der Waals surface area contributed by atoms with E-state index in [1.165, 1.54) is 38.5 Å². The standard InChI is InChI=1S/C28H35N5O2/c34-27(33(21-11-3-1-4-12-21)22-13-5-2-6-14-22)20-32-25-17-8-7-15-23(25)31-26(32)19-30-28(35)24-16-9-10-18-29-24/h7-10,15-18,21-22H,1-6,11-14,19-20H2,(H,30,35). The predicted molar refractivity (Wildman–Crippen MR) is 136 cm³/mol. The van der Waals surface area contributed by atoms with Crippen molar-refractivity contribution in [2.24, 2.45) is 0 Å². The second-order valence-electron chi connectivity index (χ2n) is 9.89. The highest BCUT2D eigenvalue weighted by Crippen LogP contribution is 2.31. The first kappa shape index (κ1) is 23.5. The summed E-state index contributed by atoms with van der Waals surface area (Å²) < 4.78 is 2.00. The normalized spacial score (nSPS) is 17.4. The van der Waals surface area contributed by atoms with Crippen LogP contribution in [0.15, 0.2) is 48.7 Å². The van der Waals surface area contributed by atoms with Crippen LogP contribution in [0.25, 0.3) is 11.0 Å². The Labute approximate surface area is 206 Å². The number of carbonyl (C=O) groups excluding carboxylic acids is 2. The monoisotopic (exact) mass is 473 g/mol. The molecule has 1 aromatic carbocycles. The van der Waals surface area contributed by atoms with Crippen LogP contribution in [0.4, 0.5) is 0 Å². The Morgan fingerprint density at radius 3 is 2.20 bits per heavy atom. The molecule has 7 nitrogen and oxygen atoms in total. The number of fused-ring (bicyclic) bond motifs is 1. The van der Waals surface area contributed by atoms with E-state index in [0.717, 1.165) is 36.7 Å². The van der Waals surface area contributed by atoms with Crippen LogP contribution in [-0.4, -0.2) is 43.3 Å². The van der Waals surface area contributed by atoms with Gasteiger partial charge in [0, 0.05) is 18.3 Å². The van der Waals surface area contributed by atoms with Gasteiger partial charge in [0.15, 0.2) is 0 Å². The maximum absolute atomic E-state index is 13.9. The molecule has 0 aliphatic heterocycles. The van der Waals surface area contributed by atoms with Crippen LogP contribution in [0, 0.1) is 0 Å². The molecule has 2 aromatic heterocycles. The number of carbonyl (C=O) groups is 2. The van der Waals surface area contributed by atoms with Crippen molar-refractivity contribution in [2.75, 3.05) is 0 Å². The van der Waals surface area contributed by atoms with Gasteiger partial charge in [0.25, 0.3) is 5.91 Å². The zero-order valence-corrected chi connectivity index (χ0v) is 20.4. The van der Waals surface area contributed by atoms with Crippen LogP contribution in [0.5, 0.6) is 0 Å². The molecule has 2 heterocycles. The topological polar surface area (TPSA) is 80.1 Å². The molecule has 0 saturated heterocycles. The van der Waals surface area contributed by atoms with Gasteiger partial charge in [-0.05, 0) is 49.9 Å². The van der Waals surface area contributed by atoms with Crippen LogP contribution in [-0.2, 0) is 17.9 Å². The van der Waals surface area contributed by atoms with Gasteiger partial charge in [0.1, 0.15) is 18.1 Å². The molecule has 0 radical (unpaired) electrons. The minimum absolute atomic E-state index is 0.184. The maximum atomic E-state index is 13.9. The van der Waals surface area contributed by atoms with Crippen molar-refractivity contribution in [1.82, 2.24) is 24.8 Å². The Hall–Kier alpha value is -3.22. The third-order valence-electron chi connectivity index (χ3n) is 7.56. The molecule has 0 unspecified atom stereocenters. The number of para-hydroxylation sites is 2. The summed E-state index contributed by atoms with van der Waals surface area (Å²) >= 11 is 0. The summed E-state index contributed by atoms with van der Waals surface area (Å²) in [5.41, 5.74) is 2.13. The fraction of sp³-hybridized carbons (Fsp3) is 0.500. The largest absolute Gasteiger partial charge is 0.343 e. The number of nitrogens with zero attached hydrogens (tertiary/aromatic N) is 4. The minimum Gasteiger partial charge on any atom is -0.343 e. The summed E-state index contributed by atoms with van der Waals surface area (Å²) in [6, 6.07) is 13.9. The Morgan fingerprint density at radius 2 is 1.54 bits per heavy atom. The van der Waals surface area contributed by atoms with E-state index in [1.807, 2.05) is 28.8 Å². The molecule has 0 atom stereocenters. The van der Waals surface area contributed by atoms with Gasteiger partial charge >= 0.3 is 0 Å². The van der Waals surface area contributed by atoms with E-state index < -0.39 is 0 Å². The Bertz CT molecular complexity index is 1130. The van der Waals surface area contributed by atoms with Crippen molar-refractivity contribution in [3.8, 4) is 0 Å². The van der Waals surface area contributed by atoms with Crippen LogP contribution in [0.2, 0.25) is 0 Å². The summed E-state index contributed by atoms with van der Waals surface area (Å²) in [6.45, 7) is 0.493. The summed E-state index contributed by atoms with van der Waals surface area (Å²) in [7, 11) is 0. The first-order valence-corrected chi connectivity index (χ1v) is 13.2. The number of rotatable bonds is 7. The van der Waals surface area contributed by atoms with Gasteiger partial charge in [0.2, 0.25) is 5.91 Å². The van der Waals surface area contributed by atoms with Crippen molar-refractivity contribution in [3.05, 3.63) is 60.2 Å². The molecule has 35 heavy (non-hydrogen) atoms. The molecule has 184 valence electrons. The average molecular weight is 474 g/mol. The van der Waals surface area contributed by atoms with E-state index in [9.17, 15) is 9.59 Å². The van der Waals surface area contributed by atoms with Gasteiger partial charge in [0.05, 0.1) is 17.6 Å². The van der Waals surface area contributed by atoms with E-state index in [0.29, 0.717) is 23.6 Å². The molecule has 2 saturated carbocycles. The number of hydrogen-bond acceptors (Lipinski definition) is 4. The number of aromatic nitrogens is 3. The molecule has 0 spiro atoms. The third-order valence-corrected chi connectivity index (χ3v) is 7.56. The second-order valence-corrected chi connectivity index (χ2v) is 9.89. The summed E-state index contributed by atoms with van der Waals surface area (Å²) in [5, 5.41) is 2.94. The predicted octanol–water partition coefficient (Wildman–Crippen LogP) is 4.86. The maximum Gasteiger partial charge on any atom is 0.270 e. The summed E-state index contributed by atoms with van der Waals surface area (Å²) in [4.78, 5) is 37.7. The van der Waals surface area contributed by atoms with Gasteiger partial charge in [-0.25, -0.2) is 4.98 Å². The lowest BCUT2D eigenvalue weighted by Gasteiger charge is -2.42. The lowest BCUT2D eigenvalue weighted by atomic mass is 9.88. The Balaban J connectivity index is 1.39. The number of imidazole rings is 1. The fourth-order valence-electron chi connectivity index (χ4n) is 5.82. The highest BCUT2D eigenvalue weighted by atomic mass is 16.2. The molecule has 2 aliphatic rings. The number of amides is 2. The highest BCUT2D eigenvalue weighted by molar-refractivity contribution is 5.92. The fourth-order valence-corrected chi connectivity index (χ4v) is 5.82. The molecular weight excluding hydrogens is 438 g/mol. The first-order chi connectivity index (χ1) is 17.2. The summed E-state index contributed by atoms with van der Waals surface area (Å²) in [5.74, 6) is 0.627. The highest BCUT2D eigenvalue weighted by Gasteiger charge is 2.33. The molecular formula is C28H35N5O2. The Morgan fingerprint density at radius 1 is 0.886 bits per heavy atom. The van der Waals surface area contributed by atoms with E-state index in [2.05, 4.69) is 15.2 Å². The molecule has 2 aliphatic carbocycles. The zero-order valence-electron chi connectivity index (χ0n) is 20.4.